The number of aromatic nitrogens is 2. The highest BCUT2D eigenvalue weighted by atomic mass is 19.1. The Morgan fingerprint density at radius 1 is 1.50 bits per heavy atom. The van der Waals surface area contributed by atoms with Crippen molar-refractivity contribution >= 4 is 5.69 Å². The first-order chi connectivity index (χ1) is 9.43. The van der Waals surface area contributed by atoms with E-state index in [1.807, 2.05) is 0 Å². The lowest BCUT2D eigenvalue weighted by Gasteiger charge is -2.00. The van der Waals surface area contributed by atoms with Gasteiger partial charge in [0.2, 0.25) is 5.82 Å². The molecule has 7 nitrogen and oxygen atoms in total. The maximum Gasteiger partial charge on any atom is 0.308 e. The van der Waals surface area contributed by atoms with Crippen LogP contribution in [0, 0.1) is 21.7 Å². The Hall–Kier alpha value is -2.42. The second kappa shape index (κ2) is 5.29. The molecular formula is C11H10F2N4O3. The van der Waals surface area contributed by atoms with Gasteiger partial charge in [-0.1, -0.05) is 12.1 Å². The standard InChI is InChI=1S/C11H10F2N4O3/c1-2-7(14)10-15-11(20-16-10)6-3-5(12)4-8(9(6)13)17(18)19/h3-4,7H,2,14H2,1H3. The number of nitro groups is 1. The van der Waals surface area contributed by atoms with Gasteiger partial charge in [-0.25, -0.2) is 4.39 Å². The summed E-state index contributed by atoms with van der Waals surface area (Å²) in [6.45, 7) is 1.79. The normalized spacial score (nSPS) is 12.4. The molecule has 0 bridgehead atoms. The predicted octanol–water partition coefficient (Wildman–Crippen LogP) is 2.33. The van der Waals surface area contributed by atoms with Crippen LogP contribution in [0.3, 0.4) is 0 Å². The highest BCUT2D eigenvalue weighted by Gasteiger charge is 2.25. The van der Waals surface area contributed by atoms with E-state index in [1.54, 1.807) is 6.92 Å². The lowest BCUT2D eigenvalue weighted by atomic mass is 10.1. The molecule has 2 N–H and O–H groups in total. The highest BCUT2D eigenvalue weighted by Crippen LogP contribution is 2.29. The largest absolute Gasteiger partial charge is 0.334 e. The molecule has 1 heterocycles. The number of nitrogens with two attached hydrogens (primary N) is 1. The summed E-state index contributed by atoms with van der Waals surface area (Å²) in [5, 5.41) is 14.2. The van der Waals surface area contributed by atoms with Crippen LogP contribution in [0.1, 0.15) is 25.2 Å². The molecule has 0 spiro atoms. The zero-order valence-electron chi connectivity index (χ0n) is 10.3. The third-order valence-electron chi connectivity index (χ3n) is 2.66. The number of hydrogen-bond acceptors (Lipinski definition) is 6. The van der Waals surface area contributed by atoms with Crippen LogP contribution in [-0.2, 0) is 0 Å². The summed E-state index contributed by atoms with van der Waals surface area (Å²) in [6, 6.07) is 0.712. The van der Waals surface area contributed by atoms with Gasteiger partial charge < -0.3 is 10.3 Å². The molecule has 0 saturated carbocycles. The van der Waals surface area contributed by atoms with Gasteiger partial charge in [0.1, 0.15) is 5.82 Å². The Morgan fingerprint density at radius 3 is 2.80 bits per heavy atom. The average molecular weight is 284 g/mol. The fourth-order valence-electron chi connectivity index (χ4n) is 1.54. The van der Waals surface area contributed by atoms with Crippen molar-refractivity contribution in [1.82, 2.24) is 10.1 Å². The van der Waals surface area contributed by atoms with E-state index in [-0.39, 0.29) is 11.7 Å². The molecule has 106 valence electrons. The van der Waals surface area contributed by atoms with E-state index in [9.17, 15) is 18.9 Å². The predicted molar refractivity (Wildman–Crippen MR) is 63.5 cm³/mol. The Kier molecular flexibility index (Phi) is 3.70. The van der Waals surface area contributed by atoms with Gasteiger partial charge in [-0.15, -0.1) is 0 Å². The molecule has 0 aliphatic carbocycles. The Labute approximate surface area is 111 Å². The molecule has 0 saturated heterocycles. The van der Waals surface area contributed by atoms with Crippen molar-refractivity contribution in [3.8, 4) is 11.5 Å². The first-order valence-corrected chi connectivity index (χ1v) is 5.67. The smallest absolute Gasteiger partial charge is 0.308 e. The summed E-state index contributed by atoms with van der Waals surface area (Å²) in [5.41, 5.74) is 4.20. The Bertz CT molecular complexity index is 659. The second-order valence-electron chi connectivity index (χ2n) is 4.02. The van der Waals surface area contributed by atoms with Gasteiger partial charge in [0.25, 0.3) is 5.89 Å². The minimum absolute atomic E-state index is 0.119. The van der Waals surface area contributed by atoms with Crippen molar-refractivity contribution in [3.63, 3.8) is 0 Å². The van der Waals surface area contributed by atoms with Gasteiger partial charge in [0, 0.05) is 0 Å². The number of rotatable bonds is 4. The summed E-state index contributed by atoms with van der Waals surface area (Å²) >= 11 is 0. The molecule has 1 unspecified atom stereocenters. The van der Waals surface area contributed by atoms with Gasteiger partial charge in [0.15, 0.2) is 5.82 Å². The number of nitrogens with zero attached hydrogens (tertiary/aromatic N) is 3. The first-order valence-electron chi connectivity index (χ1n) is 5.67. The summed E-state index contributed by atoms with van der Waals surface area (Å²) in [5.74, 6) is -2.46. The van der Waals surface area contributed by atoms with Crippen molar-refractivity contribution in [3.05, 3.63) is 39.7 Å². The molecule has 0 aliphatic rings. The fourth-order valence-corrected chi connectivity index (χ4v) is 1.54. The van der Waals surface area contributed by atoms with E-state index in [0.717, 1.165) is 6.07 Å². The van der Waals surface area contributed by atoms with Crippen LogP contribution in [0.2, 0.25) is 0 Å². The minimum Gasteiger partial charge on any atom is -0.334 e. The van der Waals surface area contributed by atoms with Crippen molar-refractivity contribution in [1.29, 1.82) is 0 Å². The van der Waals surface area contributed by atoms with Crippen LogP contribution < -0.4 is 5.73 Å². The summed E-state index contributed by atoms with van der Waals surface area (Å²) < 4.78 is 32.0. The molecule has 9 heteroatoms. The highest BCUT2D eigenvalue weighted by molar-refractivity contribution is 5.59. The van der Waals surface area contributed by atoms with Crippen LogP contribution in [0.4, 0.5) is 14.5 Å². The van der Waals surface area contributed by atoms with Gasteiger partial charge in [0.05, 0.1) is 22.6 Å². The zero-order chi connectivity index (χ0) is 14.9. The van der Waals surface area contributed by atoms with Crippen molar-refractivity contribution in [2.45, 2.75) is 19.4 Å². The summed E-state index contributed by atoms with van der Waals surface area (Å²) in [7, 11) is 0. The van der Waals surface area contributed by atoms with Gasteiger partial charge in [-0.2, -0.15) is 9.37 Å². The Balaban J connectivity index is 2.52. The first kappa shape index (κ1) is 14.0. The van der Waals surface area contributed by atoms with E-state index < -0.39 is 33.9 Å². The number of nitro benzene ring substituents is 1. The molecule has 1 atom stereocenters. The van der Waals surface area contributed by atoms with Gasteiger partial charge >= 0.3 is 5.69 Å². The van der Waals surface area contributed by atoms with Crippen molar-refractivity contribution < 1.29 is 18.2 Å². The molecule has 0 fully saturated rings. The van der Waals surface area contributed by atoms with E-state index >= 15 is 0 Å². The third kappa shape index (κ3) is 2.48. The van der Waals surface area contributed by atoms with E-state index in [2.05, 4.69) is 10.1 Å². The Morgan fingerprint density at radius 2 is 2.20 bits per heavy atom. The van der Waals surface area contributed by atoms with E-state index in [0.29, 0.717) is 12.5 Å². The monoisotopic (exact) mass is 284 g/mol. The van der Waals surface area contributed by atoms with Crippen LogP contribution in [0.5, 0.6) is 0 Å². The lowest BCUT2D eigenvalue weighted by molar-refractivity contribution is -0.387. The second-order valence-corrected chi connectivity index (χ2v) is 4.02. The molecule has 1 aromatic heterocycles. The van der Waals surface area contributed by atoms with E-state index in [4.69, 9.17) is 10.3 Å². The van der Waals surface area contributed by atoms with Crippen LogP contribution in [0.15, 0.2) is 16.7 Å². The summed E-state index contributed by atoms with van der Waals surface area (Å²) in [4.78, 5) is 13.4. The fraction of sp³-hybridized carbons (Fsp3) is 0.273. The molecular weight excluding hydrogens is 274 g/mol. The number of benzene rings is 1. The minimum atomic E-state index is -1.24. The van der Waals surface area contributed by atoms with Crippen molar-refractivity contribution in [2.24, 2.45) is 5.73 Å². The summed E-state index contributed by atoms with van der Waals surface area (Å²) in [6.07, 6.45) is 0.519. The zero-order valence-corrected chi connectivity index (χ0v) is 10.3. The van der Waals surface area contributed by atoms with Gasteiger partial charge in [-0.3, -0.25) is 10.1 Å². The maximum atomic E-state index is 13.9. The molecule has 20 heavy (non-hydrogen) atoms. The molecule has 1 aromatic carbocycles. The quantitative estimate of drug-likeness (QED) is 0.681. The van der Waals surface area contributed by atoms with Crippen LogP contribution >= 0.6 is 0 Å². The molecule has 0 radical (unpaired) electrons. The third-order valence-corrected chi connectivity index (χ3v) is 2.66. The maximum absolute atomic E-state index is 13.9. The molecule has 0 aliphatic heterocycles. The number of halogens is 2. The van der Waals surface area contributed by atoms with Gasteiger partial charge in [-0.05, 0) is 12.5 Å². The van der Waals surface area contributed by atoms with Crippen LogP contribution in [0.25, 0.3) is 11.5 Å². The topological polar surface area (TPSA) is 108 Å². The van der Waals surface area contributed by atoms with Crippen LogP contribution in [-0.4, -0.2) is 15.1 Å². The van der Waals surface area contributed by atoms with E-state index in [1.165, 1.54) is 0 Å². The number of hydrogen-bond donors (Lipinski definition) is 1. The van der Waals surface area contributed by atoms with Crippen molar-refractivity contribution in [2.75, 3.05) is 0 Å². The lowest BCUT2D eigenvalue weighted by Crippen LogP contribution is -2.10. The molecule has 2 rings (SSSR count). The molecule has 2 aromatic rings. The average Bonchev–Trinajstić information content (AvgIpc) is 2.89. The molecule has 0 amide bonds. The SMILES string of the molecule is CCC(N)c1noc(-c2cc(F)cc([N+](=O)[O-])c2F)n1.